The van der Waals surface area contributed by atoms with Gasteiger partial charge in [-0.1, -0.05) is 333 Å². The van der Waals surface area contributed by atoms with Gasteiger partial charge in [0, 0.05) is 19.3 Å². The highest BCUT2D eigenvalue weighted by atomic mass is 16.6. The van der Waals surface area contributed by atoms with E-state index >= 15 is 0 Å². The van der Waals surface area contributed by atoms with Gasteiger partial charge in [0.2, 0.25) is 0 Å². The topological polar surface area (TPSA) is 78.9 Å². The maximum Gasteiger partial charge on any atom is 0.306 e. The second-order valence-electron chi connectivity index (χ2n) is 23.8. The average molecular weight is 1100 g/mol. The van der Waals surface area contributed by atoms with E-state index in [-0.39, 0.29) is 31.1 Å². The predicted molar refractivity (Wildman–Crippen MR) is 339 cm³/mol. The Balaban J connectivity index is 4.12. The van der Waals surface area contributed by atoms with Crippen LogP contribution in [0.5, 0.6) is 0 Å². The first kappa shape index (κ1) is 75.6. The van der Waals surface area contributed by atoms with Gasteiger partial charge >= 0.3 is 17.9 Å². The zero-order valence-electron chi connectivity index (χ0n) is 52.7. The average Bonchev–Trinajstić information content (AvgIpc) is 3.44. The summed E-state index contributed by atoms with van der Waals surface area (Å²) in [7, 11) is 0. The minimum absolute atomic E-state index is 0.0760. The van der Waals surface area contributed by atoms with Crippen molar-refractivity contribution < 1.29 is 28.6 Å². The van der Waals surface area contributed by atoms with Crippen molar-refractivity contribution in [1.29, 1.82) is 0 Å². The van der Waals surface area contributed by atoms with Crippen LogP contribution >= 0.6 is 0 Å². The highest BCUT2D eigenvalue weighted by Crippen LogP contribution is 2.19. The summed E-state index contributed by atoms with van der Waals surface area (Å²) in [6.45, 7) is 6.62. The normalized spacial score (nSPS) is 12.2. The third kappa shape index (κ3) is 64.5. The molecule has 0 rings (SSSR count). The maximum absolute atomic E-state index is 12.9. The summed E-state index contributed by atoms with van der Waals surface area (Å²) in [5.41, 5.74) is 0. The van der Waals surface area contributed by atoms with E-state index in [4.69, 9.17) is 14.2 Å². The molecule has 1 atom stereocenters. The van der Waals surface area contributed by atoms with Gasteiger partial charge < -0.3 is 14.2 Å². The van der Waals surface area contributed by atoms with Crippen LogP contribution in [0.25, 0.3) is 0 Å². The van der Waals surface area contributed by atoms with E-state index in [0.717, 1.165) is 89.9 Å². The summed E-state index contributed by atoms with van der Waals surface area (Å²) in [6, 6.07) is 0. The first-order valence-corrected chi connectivity index (χ1v) is 35.0. The van der Waals surface area contributed by atoms with Gasteiger partial charge in [0.1, 0.15) is 13.2 Å². The molecule has 0 amide bonds. The van der Waals surface area contributed by atoms with Crippen LogP contribution in [0.3, 0.4) is 0 Å². The van der Waals surface area contributed by atoms with Gasteiger partial charge in [-0.05, 0) is 70.6 Å². The zero-order valence-corrected chi connectivity index (χ0v) is 52.7. The lowest BCUT2D eigenvalue weighted by Gasteiger charge is -2.18. The fourth-order valence-corrected chi connectivity index (χ4v) is 10.6. The molecule has 0 aliphatic carbocycles. The van der Waals surface area contributed by atoms with Gasteiger partial charge in [0.05, 0.1) is 0 Å². The predicted octanol–water partition coefficient (Wildman–Crippen LogP) is 23.9. The quantitative estimate of drug-likeness (QED) is 0.0261. The van der Waals surface area contributed by atoms with E-state index in [0.29, 0.717) is 19.3 Å². The largest absolute Gasteiger partial charge is 0.462 e. The van der Waals surface area contributed by atoms with Gasteiger partial charge in [0.15, 0.2) is 6.10 Å². The third-order valence-electron chi connectivity index (χ3n) is 15.8. The number of hydrogen-bond acceptors (Lipinski definition) is 6. The van der Waals surface area contributed by atoms with Crippen molar-refractivity contribution in [2.45, 2.75) is 393 Å². The molecule has 6 heteroatoms. The number of rotatable bonds is 65. The molecular formula is C72H134O6. The van der Waals surface area contributed by atoms with Crippen LogP contribution in [0.1, 0.15) is 387 Å². The Bertz CT molecular complexity index is 1300. The number of allylic oxidation sites excluding steroid dienone is 6. The van der Waals surface area contributed by atoms with Gasteiger partial charge in [-0.15, -0.1) is 0 Å². The Kier molecular flexibility index (Phi) is 65.1. The molecule has 0 bridgehead atoms. The summed E-state index contributed by atoms with van der Waals surface area (Å²) < 4.78 is 16.9. The standard InChI is InChI=1S/C72H134O6/c1-4-7-10-13-16-19-22-25-27-29-30-31-32-33-34-35-36-37-38-39-40-41-42-43-45-47-50-53-56-59-62-65-71(74)77-68-69(67-76-70(73)64-61-58-55-52-49-46-24-21-18-15-12-9-6-3)78-72(75)66-63-60-57-54-51-48-44-28-26-23-20-17-14-11-8-5-2/h12,15,21,24,28,44,69H,4-11,13-14,16-20,22-23,25-27,29-43,45-68H2,1-3H3/b15-12-,24-21-,44-28-. The van der Waals surface area contributed by atoms with Crippen molar-refractivity contribution >= 4 is 17.9 Å². The minimum atomic E-state index is -0.781. The van der Waals surface area contributed by atoms with Crippen LogP contribution < -0.4 is 0 Å². The molecule has 0 spiro atoms. The molecule has 1 unspecified atom stereocenters. The molecule has 0 aliphatic rings. The Morgan fingerprint density at radius 3 is 0.769 bits per heavy atom. The zero-order chi connectivity index (χ0) is 56.4. The molecule has 0 saturated heterocycles. The van der Waals surface area contributed by atoms with Crippen molar-refractivity contribution in [1.82, 2.24) is 0 Å². The number of unbranched alkanes of at least 4 members (excludes halogenated alkanes) is 48. The Labute approximate surface area is 486 Å². The minimum Gasteiger partial charge on any atom is -0.462 e. The van der Waals surface area contributed by atoms with Gasteiger partial charge in [-0.2, -0.15) is 0 Å². The molecule has 0 saturated carbocycles. The molecule has 0 fully saturated rings. The molecule has 0 aromatic rings. The second-order valence-corrected chi connectivity index (χ2v) is 23.8. The van der Waals surface area contributed by atoms with Crippen LogP contribution in [-0.4, -0.2) is 37.2 Å². The highest BCUT2D eigenvalue weighted by molar-refractivity contribution is 5.71. The Morgan fingerprint density at radius 1 is 0.256 bits per heavy atom. The molecule has 0 heterocycles. The summed E-state index contributed by atoms with van der Waals surface area (Å²) in [6.07, 6.45) is 83.3. The second kappa shape index (κ2) is 67.1. The first-order chi connectivity index (χ1) is 38.5. The van der Waals surface area contributed by atoms with Crippen molar-refractivity contribution in [2.75, 3.05) is 13.2 Å². The lowest BCUT2D eigenvalue weighted by Crippen LogP contribution is -2.30. The SMILES string of the molecule is CCC/C=C\C/C=C\CCCCCCCC(=O)OCC(COC(=O)CCCCCCCCCCCCCCCCCCCCCCCCCCCCCCCCC)OC(=O)CCCCCCC/C=C\CCCCCCCCC. The molecule has 0 aliphatic heterocycles. The van der Waals surface area contributed by atoms with Crippen molar-refractivity contribution in [2.24, 2.45) is 0 Å². The summed E-state index contributed by atoms with van der Waals surface area (Å²) >= 11 is 0. The van der Waals surface area contributed by atoms with E-state index in [1.165, 1.54) is 257 Å². The molecule has 458 valence electrons. The number of carbonyl (C=O) groups is 3. The maximum atomic E-state index is 12.9. The number of carbonyl (C=O) groups excluding carboxylic acids is 3. The van der Waals surface area contributed by atoms with Crippen LogP contribution in [-0.2, 0) is 28.6 Å². The molecule has 0 aromatic carbocycles. The van der Waals surface area contributed by atoms with E-state index in [2.05, 4.69) is 57.2 Å². The molecular weight excluding hydrogens is 961 g/mol. The fraction of sp³-hybridized carbons (Fsp3) is 0.875. The first-order valence-electron chi connectivity index (χ1n) is 35.0. The van der Waals surface area contributed by atoms with Crippen molar-refractivity contribution in [3.63, 3.8) is 0 Å². The number of esters is 3. The van der Waals surface area contributed by atoms with E-state index in [9.17, 15) is 14.4 Å². The van der Waals surface area contributed by atoms with Gasteiger partial charge in [0.25, 0.3) is 0 Å². The van der Waals surface area contributed by atoms with Crippen LogP contribution in [0.2, 0.25) is 0 Å². The summed E-state index contributed by atoms with van der Waals surface area (Å²) in [4.78, 5) is 38.3. The molecule has 0 radical (unpaired) electrons. The van der Waals surface area contributed by atoms with E-state index in [1.807, 2.05) is 0 Å². The number of ether oxygens (including phenoxy) is 3. The van der Waals surface area contributed by atoms with Crippen LogP contribution in [0, 0.1) is 0 Å². The highest BCUT2D eigenvalue weighted by Gasteiger charge is 2.19. The van der Waals surface area contributed by atoms with E-state index < -0.39 is 6.10 Å². The van der Waals surface area contributed by atoms with Crippen LogP contribution in [0.4, 0.5) is 0 Å². The van der Waals surface area contributed by atoms with Crippen LogP contribution in [0.15, 0.2) is 36.5 Å². The van der Waals surface area contributed by atoms with E-state index in [1.54, 1.807) is 0 Å². The van der Waals surface area contributed by atoms with Crippen molar-refractivity contribution in [3.8, 4) is 0 Å². The lowest BCUT2D eigenvalue weighted by atomic mass is 10.0. The van der Waals surface area contributed by atoms with Gasteiger partial charge in [-0.25, -0.2) is 0 Å². The molecule has 0 N–H and O–H groups in total. The fourth-order valence-electron chi connectivity index (χ4n) is 10.6. The molecule has 6 nitrogen and oxygen atoms in total. The van der Waals surface area contributed by atoms with Crippen molar-refractivity contribution in [3.05, 3.63) is 36.5 Å². The molecule has 78 heavy (non-hydrogen) atoms. The summed E-state index contributed by atoms with van der Waals surface area (Å²) in [5, 5.41) is 0. The Hall–Kier alpha value is -2.37. The smallest absolute Gasteiger partial charge is 0.306 e. The molecule has 0 aromatic heterocycles. The monoisotopic (exact) mass is 1100 g/mol. The lowest BCUT2D eigenvalue weighted by molar-refractivity contribution is -0.167. The Morgan fingerprint density at radius 2 is 0.487 bits per heavy atom. The third-order valence-corrected chi connectivity index (χ3v) is 15.8. The number of hydrogen-bond donors (Lipinski definition) is 0. The van der Waals surface area contributed by atoms with Gasteiger partial charge in [-0.3, -0.25) is 14.4 Å². The summed E-state index contributed by atoms with van der Waals surface area (Å²) in [5.74, 6) is -0.875.